The second-order valence-electron chi connectivity index (χ2n) is 5.60. The van der Waals surface area contributed by atoms with Gasteiger partial charge in [-0.1, -0.05) is 26.0 Å². The second kappa shape index (κ2) is 6.24. The van der Waals surface area contributed by atoms with Crippen LogP contribution in [-0.2, 0) is 16.6 Å². The molecule has 0 radical (unpaired) electrons. The van der Waals surface area contributed by atoms with Crippen molar-refractivity contribution in [1.29, 1.82) is 0 Å². The van der Waals surface area contributed by atoms with Gasteiger partial charge in [0.25, 0.3) is 0 Å². The molecule has 1 saturated carbocycles. The highest BCUT2D eigenvalue weighted by molar-refractivity contribution is 7.89. The van der Waals surface area contributed by atoms with E-state index in [0.717, 1.165) is 37.9 Å². The standard InChI is InChI=1S/C15H24N2O2S/c1-3-15(9-10-15)12-17-20(18,19)14-7-5-13(6-8-14)11-16-4-2/h5-8,16-17H,3-4,9-12H2,1-2H3. The molecule has 4 nitrogen and oxygen atoms in total. The minimum absolute atomic E-state index is 0.220. The Morgan fingerprint density at radius 2 is 1.80 bits per heavy atom. The van der Waals surface area contributed by atoms with Crippen LogP contribution in [0.2, 0.25) is 0 Å². The van der Waals surface area contributed by atoms with Gasteiger partial charge in [-0.15, -0.1) is 0 Å². The van der Waals surface area contributed by atoms with Gasteiger partial charge in [0.1, 0.15) is 0 Å². The Labute approximate surface area is 122 Å². The smallest absolute Gasteiger partial charge is 0.240 e. The fourth-order valence-corrected chi connectivity index (χ4v) is 3.38. The molecule has 0 aromatic heterocycles. The molecule has 0 bridgehead atoms. The normalized spacial score (nSPS) is 17.1. The maximum Gasteiger partial charge on any atom is 0.240 e. The summed E-state index contributed by atoms with van der Waals surface area (Å²) in [7, 11) is -3.37. The summed E-state index contributed by atoms with van der Waals surface area (Å²) < 4.78 is 27.2. The van der Waals surface area contributed by atoms with E-state index in [1.54, 1.807) is 12.1 Å². The summed E-state index contributed by atoms with van der Waals surface area (Å²) in [5.74, 6) is 0. The quantitative estimate of drug-likeness (QED) is 0.773. The summed E-state index contributed by atoms with van der Waals surface area (Å²) in [6.07, 6.45) is 3.30. The Kier molecular flexibility index (Phi) is 4.83. The lowest BCUT2D eigenvalue weighted by atomic mass is 10.1. The Balaban J connectivity index is 1.98. The highest BCUT2D eigenvalue weighted by Gasteiger charge is 2.41. The van der Waals surface area contributed by atoms with Crippen LogP contribution >= 0.6 is 0 Å². The van der Waals surface area contributed by atoms with Gasteiger partial charge in [-0.25, -0.2) is 13.1 Å². The van der Waals surface area contributed by atoms with Crippen LogP contribution in [0.3, 0.4) is 0 Å². The third-order valence-corrected chi connectivity index (χ3v) is 5.57. The van der Waals surface area contributed by atoms with Crippen molar-refractivity contribution in [3.63, 3.8) is 0 Å². The average molecular weight is 296 g/mol. The lowest BCUT2D eigenvalue weighted by molar-refractivity contribution is 0.475. The summed E-state index contributed by atoms with van der Waals surface area (Å²) in [4.78, 5) is 0.352. The van der Waals surface area contributed by atoms with Crippen molar-refractivity contribution >= 4 is 10.0 Å². The van der Waals surface area contributed by atoms with E-state index < -0.39 is 10.0 Å². The van der Waals surface area contributed by atoms with Crippen molar-refractivity contribution in [2.45, 2.75) is 44.6 Å². The van der Waals surface area contributed by atoms with Crippen LogP contribution in [0.15, 0.2) is 29.2 Å². The Morgan fingerprint density at radius 3 is 2.30 bits per heavy atom. The first-order valence-electron chi connectivity index (χ1n) is 7.31. The molecule has 1 fully saturated rings. The zero-order valence-electron chi connectivity index (χ0n) is 12.3. The van der Waals surface area contributed by atoms with Gasteiger partial charge in [0.2, 0.25) is 10.0 Å². The average Bonchev–Trinajstić information content (AvgIpc) is 3.24. The zero-order valence-corrected chi connectivity index (χ0v) is 13.1. The van der Waals surface area contributed by atoms with Crippen molar-refractivity contribution in [3.05, 3.63) is 29.8 Å². The maximum absolute atomic E-state index is 12.2. The topological polar surface area (TPSA) is 58.2 Å². The minimum atomic E-state index is -3.37. The lowest BCUT2D eigenvalue weighted by Gasteiger charge is -2.14. The number of hydrogen-bond donors (Lipinski definition) is 2. The molecular weight excluding hydrogens is 272 g/mol. The SMILES string of the molecule is CCNCc1ccc(S(=O)(=O)NCC2(CC)CC2)cc1. The second-order valence-corrected chi connectivity index (χ2v) is 7.37. The maximum atomic E-state index is 12.2. The largest absolute Gasteiger partial charge is 0.313 e. The van der Waals surface area contributed by atoms with Gasteiger partial charge in [0.15, 0.2) is 0 Å². The van der Waals surface area contributed by atoms with Crippen molar-refractivity contribution in [3.8, 4) is 0 Å². The highest BCUT2D eigenvalue weighted by Crippen LogP contribution is 2.48. The van der Waals surface area contributed by atoms with Crippen molar-refractivity contribution in [2.24, 2.45) is 5.41 Å². The van der Waals surface area contributed by atoms with Gasteiger partial charge in [-0.3, -0.25) is 0 Å². The summed E-state index contributed by atoms with van der Waals surface area (Å²) in [5, 5.41) is 3.22. The highest BCUT2D eigenvalue weighted by atomic mass is 32.2. The first-order chi connectivity index (χ1) is 9.51. The van der Waals surface area contributed by atoms with E-state index in [-0.39, 0.29) is 5.41 Å². The first-order valence-corrected chi connectivity index (χ1v) is 8.79. The zero-order chi connectivity index (χ0) is 14.6. The molecule has 1 aliphatic rings. The van der Waals surface area contributed by atoms with Gasteiger partial charge in [-0.05, 0) is 48.9 Å². The lowest BCUT2D eigenvalue weighted by Crippen LogP contribution is -2.30. The van der Waals surface area contributed by atoms with Crippen LogP contribution < -0.4 is 10.0 Å². The number of nitrogens with one attached hydrogen (secondary N) is 2. The van der Waals surface area contributed by atoms with E-state index >= 15 is 0 Å². The summed E-state index contributed by atoms with van der Waals surface area (Å²) in [5.41, 5.74) is 1.32. The fourth-order valence-electron chi connectivity index (χ4n) is 2.22. The van der Waals surface area contributed by atoms with Crippen LogP contribution in [0, 0.1) is 5.41 Å². The monoisotopic (exact) mass is 296 g/mol. The van der Waals surface area contributed by atoms with Gasteiger partial charge in [0, 0.05) is 13.1 Å². The Bertz CT molecular complexity index is 533. The molecule has 0 amide bonds. The van der Waals surface area contributed by atoms with E-state index in [2.05, 4.69) is 17.0 Å². The summed E-state index contributed by atoms with van der Waals surface area (Å²) in [6.45, 7) is 6.40. The van der Waals surface area contributed by atoms with Gasteiger partial charge >= 0.3 is 0 Å². The molecule has 0 unspecified atom stereocenters. The molecule has 0 spiro atoms. The number of sulfonamides is 1. The number of benzene rings is 1. The van der Waals surface area contributed by atoms with E-state index in [9.17, 15) is 8.42 Å². The molecule has 1 aromatic carbocycles. The van der Waals surface area contributed by atoms with Gasteiger partial charge in [-0.2, -0.15) is 0 Å². The minimum Gasteiger partial charge on any atom is -0.313 e. The van der Waals surface area contributed by atoms with Gasteiger partial charge in [0.05, 0.1) is 4.90 Å². The van der Waals surface area contributed by atoms with Crippen LogP contribution in [-0.4, -0.2) is 21.5 Å². The van der Waals surface area contributed by atoms with Gasteiger partial charge < -0.3 is 5.32 Å². The van der Waals surface area contributed by atoms with Crippen LogP contribution in [0.4, 0.5) is 0 Å². The Hall–Kier alpha value is -0.910. The van der Waals surface area contributed by atoms with Crippen molar-refractivity contribution in [2.75, 3.05) is 13.1 Å². The summed E-state index contributed by atoms with van der Waals surface area (Å²) in [6, 6.07) is 7.09. The predicted octanol–water partition coefficient (Wildman–Crippen LogP) is 2.26. The molecule has 0 aliphatic heterocycles. The van der Waals surface area contributed by atoms with Crippen LogP contribution in [0.25, 0.3) is 0 Å². The molecule has 0 heterocycles. The summed E-state index contributed by atoms with van der Waals surface area (Å²) >= 11 is 0. The van der Waals surface area contributed by atoms with Crippen molar-refractivity contribution < 1.29 is 8.42 Å². The molecule has 0 atom stereocenters. The van der Waals surface area contributed by atoms with E-state index in [4.69, 9.17) is 0 Å². The molecule has 0 saturated heterocycles. The molecular formula is C15H24N2O2S. The number of rotatable bonds is 8. The molecule has 2 N–H and O–H groups in total. The fraction of sp³-hybridized carbons (Fsp3) is 0.600. The Morgan fingerprint density at radius 1 is 1.15 bits per heavy atom. The van der Waals surface area contributed by atoms with E-state index in [1.165, 1.54) is 0 Å². The molecule has 2 rings (SSSR count). The first kappa shape index (κ1) is 15.5. The third-order valence-electron chi connectivity index (χ3n) is 4.16. The van der Waals surface area contributed by atoms with E-state index in [1.807, 2.05) is 19.1 Å². The molecule has 112 valence electrons. The molecule has 1 aromatic rings. The molecule has 5 heteroatoms. The van der Waals surface area contributed by atoms with Crippen LogP contribution in [0.1, 0.15) is 38.7 Å². The van der Waals surface area contributed by atoms with Crippen LogP contribution in [0.5, 0.6) is 0 Å². The number of hydrogen-bond acceptors (Lipinski definition) is 3. The molecule has 1 aliphatic carbocycles. The predicted molar refractivity (Wildman–Crippen MR) is 81.0 cm³/mol. The van der Waals surface area contributed by atoms with Crippen molar-refractivity contribution in [1.82, 2.24) is 10.0 Å². The van der Waals surface area contributed by atoms with E-state index in [0.29, 0.717) is 11.4 Å². The molecule has 20 heavy (non-hydrogen) atoms. The third kappa shape index (κ3) is 3.81.